The normalized spacial score (nSPS) is 27.1. The van der Waals surface area contributed by atoms with Crippen molar-refractivity contribution in [3.8, 4) is 0 Å². The monoisotopic (exact) mass is 343 g/mol. The minimum absolute atomic E-state index is 0.0267. The Hall–Kier alpha value is -0.540. The van der Waals surface area contributed by atoms with Gasteiger partial charge in [-0.15, -0.1) is 0 Å². The topological polar surface area (TPSA) is 29.1 Å². The minimum Gasteiger partial charge on any atom is -0.349 e. The van der Waals surface area contributed by atoms with Crippen LogP contribution in [0.4, 0.5) is 0 Å². The second-order valence-electron chi connectivity index (χ2n) is 5.57. The second-order valence-corrected chi connectivity index (χ2v) is 6.83. The highest BCUT2D eigenvalue weighted by molar-refractivity contribution is 9.10. The van der Waals surface area contributed by atoms with Crippen molar-refractivity contribution in [2.45, 2.75) is 39.2 Å². The molecule has 1 aromatic carbocycles. The van der Waals surface area contributed by atoms with Crippen molar-refractivity contribution >= 4 is 33.4 Å². The molecule has 0 bridgehead atoms. The maximum absolute atomic E-state index is 12.2. The van der Waals surface area contributed by atoms with Crippen LogP contribution in [0.15, 0.2) is 22.7 Å². The van der Waals surface area contributed by atoms with Gasteiger partial charge in [0.1, 0.15) is 0 Å². The van der Waals surface area contributed by atoms with Crippen LogP contribution in [0.5, 0.6) is 0 Å². The lowest BCUT2D eigenvalue weighted by molar-refractivity contribution is 0.0910. The molecule has 1 aromatic rings. The van der Waals surface area contributed by atoms with Gasteiger partial charge in [-0.25, -0.2) is 0 Å². The molecule has 0 heterocycles. The van der Waals surface area contributed by atoms with Crippen molar-refractivity contribution in [3.63, 3.8) is 0 Å². The average Bonchev–Trinajstić information content (AvgIpc) is 2.37. The number of halogens is 2. The molecule has 1 amide bonds. The van der Waals surface area contributed by atoms with E-state index < -0.39 is 0 Å². The van der Waals surface area contributed by atoms with Gasteiger partial charge in [0.2, 0.25) is 0 Å². The van der Waals surface area contributed by atoms with Gasteiger partial charge >= 0.3 is 0 Å². The van der Waals surface area contributed by atoms with Crippen LogP contribution in [0.1, 0.15) is 43.5 Å². The van der Waals surface area contributed by atoms with E-state index in [1.54, 1.807) is 12.1 Å². The first kappa shape index (κ1) is 14.9. The maximum Gasteiger partial charge on any atom is 0.251 e. The predicted molar refractivity (Wildman–Crippen MR) is 82.6 cm³/mol. The Balaban J connectivity index is 1.99. The number of hydrogen-bond donors (Lipinski definition) is 1. The molecule has 104 valence electrons. The van der Waals surface area contributed by atoms with Gasteiger partial charge in [0.25, 0.3) is 5.91 Å². The lowest BCUT2D eigenvalue weighted by Crippen LogP contribution is -2.39. The summed E-state index contributed by atoms with van der Waals surface area (Å²) in [6, 6.07) is 5.60. The summed E-state index contributed by atoms with van der Waals surface area (Å²) in [7, 11) is 0. The molecule has 0 aromatic heterocycles. The second kappa shape index (κ2) is 6.27. The number of rotatable bonds is 2. The number of benzene rings is 1. The summed E-state index contributed by atoms with van der Waals surface area (Å²) in [6.45, 7) is 4.55. The summed E-state index contributed by atoms with van der Waals surface area (Å²) >= 11 is 9.34. The molecule has 2 nitrogen and oxygen atoms in total. The molecule has 0 saturated heterocycles. The van der Waals surface area contributed by atoms with E-state index in [2.05, 4.69) is 35.1 Å². The van der Waals surface area contributed by atoms with Crippen molar-refractivity contribution in [2.24, 2.45) is 11.8 Å². The van der Waals surface area contributed by atoms with Gasteiger partial charge in [-0.1, -0.05) is 25.4 Å². The minimum atomic E-state index is -0.0267. The number of carbonyl (C=O) groups excluding carboxylic acids is 1. The molecule has 0 radical (unpaired) electrons. The Morgan fingerprint density at radius 3 is 2.68 bits per heavy atom. The Labute approximate surface area is 128 Å². The fourth-order valence-electron chi connectivity index (χ4n) is 2.58. The number of nitrogens with one attached hydrogen (secondary N) is 1. The summed E-state index contributed by atoms with van der Waals surface area (Å²) in [5.41, 5.74) is 0.625. The summed E-state index contributed by atoms with van der Waals surface area (Å²) in [5.74, 6) is 1.41. The summed E-state index contributed by atoms with van der Waals surface area (Å²) in [5, 5.41) is 3.69. The molecule has 0 spiro atoms. The molecule has 19 heavy (non-hydrogen) atoms. The first-order valence-corrected chi connectivity index (χ1v) is 7.90. The molecule has 2 rings (SSSR count). The Kier molecular flexibility index (Phi) is 4.91. The number of carbonyl (C=O) groups is 1. The molecule has 1 N–H and O–H groups in total. The SMILES string of the molecule is CC1CCC(NC(=O)c2ccc(Br)c(Cl)c2)CC1C. The van der Waals surface area contributed by atoms with Gasteiger partial charge in [-0.3, -0.25) is 4.79 Å². The van der Waals surface area contributed by atoms with Gasteiger partial charge in [0, 0.05) is 16.1 Å². The van der Waals surface area contributed by atoms with Crippen LogP contribution in [-0.4, -0.2) is 11.9 Å². The quantitative estimate of drug-likeness (QED) is 0.831. The van der Waals surface area contributed by atoms with E-state index in [0.29, 0.717) is 22.5 Å². The zero-order valence-electron chi connectivity index (χ0n) is 11.2. The molecule has 3 atom stereocenters. The standard InChI is InChI=1S/C15H19BrClNO/c1-9-3-5-12(7-10(9)2)18-15(19)11-4-6-13(16)14(17)8-11/h4,6,8-10,12H,3,5,7H2,1-2H3,(H,18,19). The van der Waals surface area contributed by atoms with Crippen LogP contribution in [0.3, 0.4) is 0 Å². The van der Waals surface area contributed by atoms with Crippen LogP contribution < -0.4 is 5.32 Å². The fraction of sp³-hybridized carbons (Fsp3) is 0.533. The van der Waals surface area contributed by atoms with Crippen LogP contribution >= 0.6 is 27.5 Å². The number of hydrogen-bond acceptors (Lipinski definition) is 1. The summed E-state index contributed by atoms with van der Waals surface area (Å²) in [6.07, 6.45) is 3.33. The van der Waals surface area contributed by atoms with Gasteiger partial charge in [0.05, 0.1) is 5.02 Å². The molecule has 0 aliphatic heterocycles. The lowest BCUT2D eigenvalue weighted by Gasteiger charge is -2.32. The number of amides is 1. The third kappa shape index (κ3) is 3.73. The zero-order chi connectivity index (χ0) is 14.0. The van der Waals surface area contributed by atoms with E-state index in [9.17, 15) is 4.79 Å². The van der Waals surface area contributed by atoms with Crippen LogP contribution in [0, 0.1) is 11.8 Å². The fourth-order valence-corrected chi connectivity index (χ4v) is 3.01. The molecular formula is C15H19BrClNO. The Morgan fingerprint density at radius 1 is 1.32 bits per heavy atom. The summed E-state index contributed by atoms with van der Waals surface area (Å²) in [4.78, 5) is 12.2. The Bertz CT molecular complexity index is 477. The van der Waals surface area contributed by atoms with E-state index in [0.717, 1.165) is 23.2 Å². The molecule has 3 unspecified atom stereocenters. The van der Waals surface area contributed by atoms with Crippen molar-refractivity contribution < 1.29 is 4.79 Å². The highest BCUT2D eigenvalue weighted by Crippen LogP contribution is 2.29. The van der Waals surface area contributed by atoms with Crippen LogP contribution in [0.25, 0.3) is 0 Å². The first-order chi connectivity index (χ1) is 8.97. The zero-order valence-corrected chi connectivity index (χ0v) is 13.6. The van der Waals surface area contributed by atoms with E-state index in [1.165, 1.54) is 6.42 Å². The molecule has 1 aliphatic carbocycles. The molecule has 1 fully saturated rings. The van der Waals surface area contributed by atoms with Gasteiger partial charge in [-0.05, 0) is 65.2 Å². The predicted octanol–water partition coefficient (Wildman–Crippen LogP) is 4.66. The maximum atomic E-state index is 12.2. The smallest absolute Gasteiger partial charge is 0.251 e. The molecule has 1 saturated carbocycles. The third-order valence-corrected chi connectivity index (χ3v) is 5.35. The van der Waals surface area contributed by atoms with E-state index in [-0.39, 0.29) is 5.91 Å². The summed E-state index contributed by atoms with van der Waals surface area (Å²) < 4.78 is 0.811. The third-order valence-electron chi connectivity index (χ3n) is 4.12. The average molecular weight is 345 g/mol. The first-order valence-electron chi connectivity index (χ1n) is 6.73. The van der Waals surface area contributed by atoms with Crippen LogP contribution in [0.2, 0.25) is 5.02 Å². The van der Waals surface area contributed by atoms with Crippen molar-refractivity contribution in [3.05, 3.63) is 33.3 Å². The molecule has 1 aliphatic rings. The van der Waals surface area contributed by atoms with Gasteiger partial charge in [-0.2, -0.15) is 0 Å². The molecule has 4 heteroatoms. The van der Waals surface area contributed by atoms with E-state index in [1.807, 2.05) is 6.07 Å². The molecular weight excluding hydrogens is 326 g/mol. The largest absolute Gasteiger partial charge is 0.349 e. The van der Waals surface area contributed by atoms with E-state index >= 15 is 0 Å². The Morgan fingerprint density at radius 2 is 2.05 bits per heavy atom. The van der Waals surface area contributed by atoms with Crippen molar-refractivity contribution in [2.75, 3.05) is 0 Å². The van der Waals surface area contributed by atoms with Crippen molar-refractivity contribution in [1.29, 1.82) is 0 Å². The van der Waals surface area contributed by atoms with E-state index in [4.69, 9.17) is 11.6 Å². The highest BCUT2D eigenvalue weighted by Gasteiger charge is 2.25. The van der Waals surface area contributed by atoms with Crippen LogP contribution in [-0.2, 0) is 0 Å². The lowest BCUT2D eigenvalue weighted by atomic mass is 9.79. The van der Waals surface area contributed by atoms with Gasteiger partial charge < -0.3 is 5.32 Å². The van der Waals surface area contributed by atoms with Crippen molar-refractivity contribution in [1.82, 2.24) is 5.32 Å². The van der Waals surface area contributed by atoms with Gasteiger partial charge in [0.15, 0.2) is 0 Å². The highest BCUT2D eigenvalue weighted by atomic mass is 79.9.